The van der Waals surface area contributed by atoms with Crippen molar-refractivity contribution in [2.45, 2.75) is 0 Å². The molecule has 0 fully saturated rings. The van der Waals surface area contributed by atoms with Crippen molar-refractivity contribution in [1.82, 2.24) is 24.1 Å². The SMILES string of the molecule is c1ccc(-c2ccc3c4ccccc4n(-c4cccc5c4oc4ccc6c(c7cccc(-c8nc(-c9ccccc9)nc(-c9ccccc9)n8)c7n6-c6ccccc6)c45)c3c2)cc1. The molecule has 9 aromatic carbocycles. The maximum Gasteiger partial charge on any atom is 0.166 e. The Hall–Kier alpha value is -8.61. The Morgan fingerprint density at radius 3 is 1.67 bits per heavy atom. The van der Waals surface area contributed by atoms with E-state index >= 15 is 0 Å². The molecule has 294 valence electrons. The van der Waals surface area contributed by atoms with E-state index < -0.39 is 0 Å². The highest BCUT2D eigenvalue weighted by Crippen LogP contribution is 2.46. The van der Waals surface area contributed by atoms with Crippen LogP contribution in [0.3, 0.4) is 0 Å². The van der Waals surface area contributed by atoms with Gasteiger partial charge in [-0.15, -0.1) is 0 Å². The fraction of sp³-hybridized carbons (Fsp3) is 0. The summed E-state index contributed by atoms with van der Waals surface area (Å²) in [5.74, 6) is 1.84. The lowest BCUT2D eigenvalue weighted by molar-refractivity contribution is 0.666. The van der Waals surface area contributed by atoms with Crippen molar-refractivity contribution < 1.29 is 4.42 Å². The summed E-state index contributed by atoms with van der Waals surface area (Å²) in [6.45, 7) is 0. The van der Waals surface area contributed by atoms with Crippen LogP contribution in [0, 0.1) is 0 Å². The molecule has 0 radical (unpaired) electrons. The molecule has 13 rings (SSSR count). The van der Waals surface area contributed by atoms with Crippen molar-refractivity contribution in [3.05, 3.63) is 212 Å². The van der Waals surface area contributed by atoms with Gasteiger partial charge in [-0.3, -0.25) is 0 Å². The Kier molecular flexibility index (Phi) is 7.80. The third-order valence-corrected chi connectivity index (χ3v) is 12.4. The summed E-state index contributed by atoms with van der Waals surface area (Å²) in [6, 6.07) is 74.2. The van der Waals surface area contributed by atoms with E-state index in [2.05, 4.69) is 161 Å². The number of fused-ring (bicyclic) bond motifs is 10. The first-order valence-corrected chi connectivity index (χ1v) is 21.2. The topological polar surface area (TPSA) is 61.7 Å². The van der Waals surface area contributed by atoms with Crippen molar-refractivity contribution >= 4 is 65.6 Å². The summed E-state index contributed by atoms with van der Waals surface area (Å²) in [5.41, 5.74) is 13.1. The number of furan rings is 1. The second-order valence-corrected chi connectivity index (χ2v) is 16.0. The van der Waals surface area contributed by atoms with E-state index in [0.717, 1.165) is 82.8 Å². The van der Waals surface area contributed by atoms with Gasteiger partial charge in [-0.2, -0.15) is 0 Å². The van der Waals surface area contributed by atoms with Crippen LogP contribution >= 0.6 is 0 Å². The summed E-state index contributed by atoms with van der Waals surface area (Å²) in [4.78, 5) is 15.4. The van der Waals surface area contributed by atoms with Crippen molar-refractivity contribution in [1.29, 1.82) is 0 Å². The first-order chi connectivity index (χ1) is 31.3. The van der Waals surface area contributed by atoms with Crippen molar-refractivity contribution in [2.75, 3.05) is 0 Å². The molecule has 0 aliphatic carbocycles. The molecular weight excluding hydrogens is 771 g/mol. The molecule has 0 spiro atoms. The van der Waals surface area contributed by atoms with E-state index in [-0.39, 0.29) is 0 Å². The van der Waals surface area contributed by atoms with Gasteiger partial charge >= 0.3 is 0 Å². The van der Waals surface area contributed by atoms with Crippen molar-refractivity contribution in [3.63, 3.8) is 0 Å². The third kappa shape index (κ3) is 5.48. The monoisotopic (exact) mass is 805 g/mol. The first-order valence-electron chi connectivity index (χ1n) is 21.2. The second-order valence-electron chi connectivity index (χ2n) is 16.0. The largest absolute Gasteiger partial charge is 0.454 e. The smallest absolute Gasteiger partial charge is 0.166 e. The molecule has 63 heavy (non-hydrogen) atoms. The molecule has 13 aromatic rings. The zero-order chi connectivity index (χ0) is 41.4. The van der Waals surface area contributed by atoms with Gasteiger partial charge in [0, 0.05) is 54.7 Å². The zero-order valence-corrected chi connectivity index (χ0v) is 33.9. The minimum atomic E-state index is 0.602. The van der Waals surface area contributed by atoms with Gasteiger partial charge in [0.05, 0.1) is 27.8 Å². The van der Waals surface area contributed by atoms with Crippen LogP contribution in [0.4, 0.5) is 0 Å². The summed E-state index contributed by atoms with van der Waals surface area (Å²) in [6.07, 6.45) is 0. The van der Waals surface area contributed by atoms with E-state index in [0.29, 0.717) is 17.5 Å². The van der Waals surface area contributed by atoms with Gasteiger partial charge in [0.25, 0.3) is 0 Å². The van der Waals surface area contributed by atoms with Gasteiger partial charge in [0.1, 0.15) is 5.58 Å². The highest BCUT2D eigenvalue weighted by atomic mass is 16.3. The number of rotatable bonds is 6. The molecule has 0 bridgehead atoms. The molecule has 0 N–H and O–H groups in total. The maximum absolute atomic E-state index is 7.07. The van der Waals surface area contributed by atoms with E-state index in [1.54, 1.807) is 0 Å². The van der Waals surface area contributed by atoms with Crippen LogP contribution in [0.5, 0.6) is 0 Å². The van der Waals surface area contributed by atoms with Gasteiger partial charge in [0.2, 0.25) is 0 Å². The van der Waals surface area contributed by atoms with Crippen molar-refractivity contribution in [2.24, 2.45) is 0 Å². The summed E-state index contributed by atoms with van der Waals surface area (Å²) >= 11 is 0. The standard InChI is InChI=1S/C57H35N5O/c1-5-17-36(18-6-1)39-31-32-42-41-25-13-14-29-46(41)62(49(42)35-39)48-30-16-27-44-52-50(63-54(44)48)34-33-47-51(52)43-26-15-28-45(53(43)61(47)40-23-11-4-12-24-40)57-59-55(37-19-7-2-8-20-37)58-56(60-57)38-21-9-3-10-22-38/h1-35H. The first kappa shape index (κ1) is 35.2. The number of para-hydroxylation sites is 4. The van der Waals surface area contributed by atoms with Crippen LogP contribution in [0.2, 0.25) is 0 Å². The lowest BCUT2D eigenvalue weighted by Crippen LogP contribution is -2.02. The lowest BCUT2D eigenvalue weighted by atomic mass is 10.0. The molecular formula is C57H35N5O. The molecule has 4 aromatic heterocycles. The fourth-order valence-electron chi connectivity index (χ4n) is 9.60. The van der Waals surface area contributed by atoms with E-state index in [1.807, 2.05) is 60.7 Å². The Bertz CT molecular complexity index is 3830. The highest BCUT2D eigenvalue weighted by molar-refractivity contribution is 6.29. The lowest BCUT2D eigenvalue weighted by Gasteiger charge is -2.12. The number of aromatic nitrogens is 5. The average molecular weight is 806 g/mol. The van der Waals surface area contributed by atoms with Crippen LogP contribution in [-0.4, -0.2) is 24.1 Å². The van der Waals surface area contributed by atoms with Gasteiger partial charge in [-0.05, 0) is 59.7 Å². The predicted octanol–water partition coefficient (Wildman–Crippen LogP) is 14.6. The number of hydrogen-bond acceptors (Lipinski definition) is 4. The minimum Gasteiger partial charge on any atom is -0.454 e. The molecule has 0 unspecified atom stereocenters. The second kappa shape index (κ2) is 14.0. The molecule has 0 aliphatic rings. The van der Waals surface area contributed by atoms with E-state index in [4.69, 9.17) is 19.4 Å². The van der Waals surface area contributed by atoms with Crippen LogP contribution in [0.1, 0.15) is 0 Å². The number of benzene rings is 9. The van der Waals surface area contributed by atoms with Crippen LogP contribution < -0.4 is 0 Å². The molecule has 0 saturated heterocycles. The fourth-order valence-corrected chi connectivity index (χ4v) is 9.60. The number of hydrogen-bond donors (Lipinski definition) is 0. The third-order valence-electron chi connectivity index (χ3n) is 12.4. The molecule has 0 amide bonds. The molecule has 0 aliphatic heterocycles. The van der Waals surface area contributed by atoms with Gasteiger partial charge < -0.3 is 13.6 Å². The quantitative estimate of drug-likeness (QED) is 0.168. The molecule has 6 nitrogen and oxygen atoms in total. The van der Waals surface area contributed by atoms with E-state index in [1.165, 1.54) is 21.9 Å². The van der Waals surface area contributed by atoms with Gasteiger partial charge in [0.15, 0.2) is 23.1 Å². The van der Waals surface area contributed by atoms with E-state index in [9.17, 15) is 0 Å². The van der Waals surface area contributed by atoms with Gasteiger partial charge in [-0.25, -0.2) is 15.0 Å². The minimum absolute atomic E-state index is 0.602. The van der Waals surface area contributed by atoms with Crippen LogP contribution in [0.25, 0.3) is 122 Å². The molecule has 6 heteroatoms. The predicted molar refractivity (Wildman–Crippen MR) is 258 cm³/mol. The molecule has 4 heterocycles. The normalized spacial score (nSPS) is 11.8. The molecule has 0 atom stereocenters. The summed E-state index contributed by atoms with van der Waals surface area (Å²) in [5, 5.41) is 6.70. The zero-order valence-electron chi connectivity index (χ0n) is 33.9. The Morgan fingerprint density at radius 2 is 0.937 bits per heavy atom. The van der Waals surface area contributed by atoms with Crippen LogP contribution in [-0.2, 0) is 0 Å². The summed E-state index contributed by atoms with van der Waals surface area (Å²) in [7, 11) is 0. The van der Waals surface area contributed by atoms with Crippen LogP contribution in [0.15, 0.2) is 217 Å². The molecule has 0 saturated carbocycles. The number of nitrogens with zero attached hydrogens (tertiary/aromatic N) is 5. The highest BCUT2D eigenvalue weighted by Gasteiger charge is 2.25. The average Bonchev–Trinajstić information content (AvgIpc) is 4.02. The van der Waals surface area contributed by atoms with Crippen molar-refractivity contribution in [3.8, 4) is 56.7 Å². The Labute approximate surface area is 361 Å². The Balaban J connectivity index is 1.11. The maximum atomic E-state index is 7.07. The summed E-state index contributed by atoms with van der Waals surface area (Å²) < 4.78 is 11.8. The van der Waals surface area contributed by atoms with Gasteiger partial charge in [-0.1, -0.05) is 164 Å². The Morgan fingerprint density at radius 1 is 0.349 bits per heavy atom.